The maximum atomic E-state index is 11.8. The Balaban J connectivity index is -0.00000161. The third-order valence-electron chi connectivity index (χ3n) is 18.0. The van der Waals surface area contributed by atoms with E-state index in [4.69, 9.17) is 29.2 Å². The zero-order valence-corrected chi connectivity index (χ0v) is 63.5. The number of ether oxygens (including phenoxy) is 4. The van der Waals surface area contributed by atoms with Crippen LogP contribution in [0, 0.1) is 0 Å². The van der Waals surface area contributed by atoms with Gasteiger partial charge in [-0.25, -0.2) is 28.8 Å². The van der Waals surface area contributed by atoms with Gasteiger partial charge in [0.2, 0.25) is 0 Å². The molecule has 0 aromatic rings. The van der Waals surface area contributed by atoms with Gasteiger partial charge < -0.3 is 29.2 Å². The molecule has 564 valence electrons. The molecule has 12 nitrogen and oxygen atoms in total. The number of carboxylic acid groups (broad SMARTS) is 2. The van der Waals surface area contributed by atoms with Crippen molar-refractivity contribution in [1.82, 2.24) is 0 Å². The fourth-order valence-electron chi connectivity index (χ4n) is 11.9. The van der Waals surface area contributed by atoms with Crippen molar-refractivity contribution in [2.45, 2.75) is 439 Å². The minimum atomic E-state index is -1.26. The zero-order chi connectivity index (χ0) is 70.6. The first kappa shape index (κ1) is 96.2. The number of carbonyl (C=O) groups is 6. The summed E-state index contributed by atoms with van der Waals surface area (Å²) in [5.41, 5.74) is 0. The molecule has 0 aliphatic carbocycles. The smallest absolute Gasteiger partial charge is 0.331 e. The number of esters is 4. The van der Waals surface area contributed by atoms with Gasteiger partial charge in [-0.1, -0.05) is 413 Å². The molecular formula is C84H156O12. The quantitative estimate of drug-likeness (QED) is 0.0255. The molecule has 0 radical (unpaired) electrons. The highest BCUT2D eigenvalue weighted by Crippen LogP contribution is 2.19. The molecule has 0 bridgehead atoms. The van der Waals surface area contributed by atoms with Gasteiger partial charge in [0.25, 0.3) is 0 Å². The summed E-state index contributed by atoms with van der Waals surface area (Å²) in [7, 11) is 0. The van der Waals surface area contributed by atoms with Crippen molar-refractivity contribution < 1.29 is 57.9 Å². The van der Waals surface area contributed by atoms with Crippen molar-refractivity contribution in [3.8, 4) is 0 Å². The lowest BCUT2D eigenvalue weighted by atomic mass is 10.0. The van der Waals surface area contributed by atoms with E-state index in [1.807, 2.05) is 0 Å². The predicted octanol–water partition coefficient (Wildman–Crippen LogP) is 26.0. The van der Waals surface area contributed by atoms with E-state index in [0.717, 1.165) is 51.4 Å². The summed E-state index contributed by atoms with van der Waals surface area (Å²) in [6.45, 7) is 10.8. The Kier molecular flexibility index (Phi) is 87.3. The molecule has 0 amide bonds. The molecule has 2 N–H and O–H groups in total. The minimum absolute atomic E-state index is 0.426. The van der Waals surface area contributed by atoms with Crippen LogP contribution < -0.4 is 0 Å². The van der Waals surface area contributed by atoms with E-state index < -0.39 is 35.8 Å². The van der Waals surface area contributed by atoms with Crippen molar-refractivity contribution >= 4 is 35.8 Å². The molecule has 0 saturated heterocycles. The van der Waals surface area contributed by atoms with E-state index in [1.165, 1.54) is 384 Å². The molecule has 96 heavy (non-hydrogen) atoms. The first-order chi connectivity index (χ1) is 47.0. The Morgan fingerprint density at radius 3 is 0.385 bits per heavy atom. The number of hydrogen-bond donors (Lipinski definition) is 2. The van der Waals surface area contributed by atoms with Gasteiger partial charge in [-0.05, 0) is 25.7 Å². The maximum absolute atomic E-state index is 11.8. The van der Waals surface area contributed by atoms with Gasteiger partial charge in [0, 0.05) is 36.5 Å². The number of hydrogen-bond acceptors (Lipinski definition) is 10. The Morgan fingerprint density at radius 2 is 0.281 bits per heavy atom. The fraction of sp³-hybridized carbons (Fsp3) is 0.857. The number of unbranched alkanes of at least 4 members (excludes halogenated alkanes) is 60. The first-order valence-electron chi connectivity index (χ1n) is 41.2. The molecule has 0 heterocycles. The zero-order valence-electron chi connectivity index (χ0n) is 63.5. The normalized spacial score (nSPS) is 11.2. The van der Waals surface area contributed by atoms with Crippen LogP contribution in [0.3, 0.4) is 0 Å². The molecule has 0 spiro atoms. The molecule has 0 aliphatic heterocycles. The van der Waals surface area contributed by atoms with E-state index >= 15 is 0 Å². The standard InChI is InChI=1S/2C40H76O4.C4H4O4/c2*1-3-5-7-9-11-13-15-17-19-21-23-25-27-29-31-33-37-43-39(41)35-36-40(42)44-38-34-32-30-28-26-24-22-20-18-16-14-12-10-8-6-4-2;5-3(6)1-2-4(7)8/h2*35-36H,3-34,37-38H2,1-2H3;1-2H,(H,5,6)(H,7,8)/b2*36-35-;2-1-. The molecule has 0 rings (SSSR count). The molecule has 0 atom stereocenters. The third-order valence-corrected chi connectivity index (χ3v) is 18.0. The van der Waals surface area contributed by atoms with Gasteiger partial charge >= 0.3 is 35.8 Å². The molecule has 0 saturated carbocycles. The van der Waals surface area contributed by atoms with Gasteiger partial charge in [0.1, 0.15) is 0 Å². The molecular weight excluding hydrogens is 1200 g/mol. The van der Waals surface area contributed by atoms with Crippen molar-refractivity contribution in [3.05, 3.63) is 36.5 Å². The van der Waals surface area contributed by atoms with E-state index in [9.17, 15) is 28.8 Å². The largest absolute Gasteiger partial charge is 0.478 e. The SMILES string of the molecule is CCCCCCCCCCCCCCCCCCOC(=O)/C=C\C(=O)OCCCCCCCCCCCCCCCCCC.CCCCCCCCCCCCCCCCCCOC(=O)/C=C\C(=O)OCCCCCCCCCCCCCCCCCC.O=C(O)/C=C\C(=O)O. The minimum Gasteiger partial charge on any atom is -0.478 e. The van der Waals surface area contributed by atoms with Gasteiger partial charge in [-0.15, -0.1) is 0 Å². The van der Waals surface area contributed by atoms with E-state index in [2.05, 4.69) is 27.7 Å². The Labute approximate surface area is 592 Å². The second-order valence-electron chi connectivity index (χ2n) is 27.6. The van der Waals surface area contributed by atoms with Crippen molar-refractivity contribution in [1.29, 1.82) is 0 Å². The van der Waals surface area contributed by atoms with E-state index in [-0.39, 0.29) is 0 Å². The van der Waals surface area contributed by atoms with Crippen LogP contribution in [0.5, 0.6) is 0 Å². The van der Waals surface area contributed by atoms with Crippen molar-refractivity contribution in [2.24, 2.45) is 0 Å². The van der Waals surface area contributed by atoms with Crippen LogP contribution in [0.25, 0.3) is 0 Å². The third kappa shape index (κ3) is 94.2. The molecule has 0 unspecified atom stereocenters. The first-order valence-corrected chi connectivity index (χ1v) is 41.2. The second-order valence-corrected chi connectivity index (χ2v) is 27.6. The highest BCUT2D eigenvalue weighted by molar-refractivity contribution is 5.92. The number of aliphatic carboxylic acids is 2. The summed E-state index contributed by atoms with van der Waals surface area (Å²) in [6, 6.07) is 0. The maximum Gasteiger partial charge on any atom is 0.331 e. The van der Waals surface area contributed by atoms with Gasteiger partial charge in [-0.3, -0.25) is 0 Å². The summed E-state index contributed by atoms with van der Waals surface area (Å²) >= 11 is 0. The average molecular weight is 1360 g/mol. The average Bonchev–Trinajstić information content (AvgIpc) is 3.74. The van der Waals surface area contributed by atoms with Gasteiger partial charge in [0.15, 0.2) is 0 Å². The lowest BCUT2D eigenvalue weighted by Gasteiger charge is -2.04. The predicted molar refractivity (Wildman–Crippen MR) is 405 cm³/mol. The molecule has 0 fully saturated rings. The highest BCUT2D eigenvalue weighted by Gasteiger charge is 2.06. The summed E-state index contributed by atoms with van der Waals surface area (Å²) < 4.78 is 20.9. The van der Waals surface area contributed by atoms with Crippen LogP contribution in [0.4, 0.5) is 0 Å². The Bertz CT molecular complexity index is 1500. The van der Waals surface area contributed by atoms with Gasteiger partial charge in [-0.2, -0.15) is 0 Å². The van der Waals surface area contributed by atoms with E-state index in [0.29, 0.717) is 38.6 Å². The van der Waals surface area contributed by atoms with E-state index in [1.54, 1.807) is 0 Å². The lowest BCUT2D eigenvalue weighted by Crippen LogP contribution is -2.06. The van der Waals surface area contributed by atoms with Crippen LogP contribution in [-0.2, 0) is 47.7 Å². The molecule has 12 heteroatoms. The topological polar surface area (TPSA) is 180 Å². The second kappa shape index (κ2) is 87.1. The highest BCUT2D eigenvalue weighted by atomic mass is 16.5. The van der Waals surface area contributed by atoms with Crippen LogP contribution in [0.15, 0.2) is 36.5 Å². The molecule has 0 aromatic carbocycles. The van der Waals surface area contributed by atoms with Crippen molar-refractivity contribution in [3.63, 3.8) is 0 Å². The summed E-state index contributed by atoms with van der Waals surface area (Å²) in [6.07, 6.45) is 90.6. The summed E-state index contributed by atoms with van der Waals surface area (Å²) in [5, 5.41) is 15.6. The fourth-order valence-corrected chi connectivity index (χ4v) is 11.9. The molecule has 0 aromatic heterocycles. The number of rotatable bonds is 74. The van der Waals surface area contributed by atoms with Crippen LogP contribution >= 0.6 is 0 Å². The van der Waals surface area contributed by atoms with Gasteiger partial charge in [0.05, 0.1) is 26.4 Å². The molecule has 0 aliphatic rings. The van der Waals surface area contributed by atoms with Crippen LogP contribution in [0.2, 0.25) is 0 Å². The Morgan fingerprint density at radius 1 is 0.177 bits per heavy atom. The summed E-state index contributed by atoms with van der Waals surface area (Å²) in [4.78, 5) is 66.4. The number of carboxylic acids is 2. The lowest BCUT2D eigenvalue weighted by molar-refractivity contribution is -0.140. The van der Waals surface area contributed by atoms with Crippen molar-refractivity contribution in [2.75, 3.05) is 26.4 Å². The van der Waals surface area contributed by atoms with Crippen LogP contribution in [0.1, 0.15) is 439 Å². The monoisotopic (exact) mass is 1360 g/mol. The summed E-state index contributed by atoms with van der Waals surface area (Å²) in [5.74, 6) is -4.33. The Hall–Kier alpha value is -3.96. The number of carbonyl (C=O) groups excluding carboxylic acids is 4. The van der Waals surface area contributed by atoms with Crippen LogP contribution in [-0.4, -0.2) is 72.5 Å².